The molecule has 2 N–H and O–H groups in total. The standard InChI is InChI=1S/C22H26O6/c1-3-4-5-6-7-13-27-16-11-12-17(21(24)25)19(14-16)28-22(26)18-10-8-9-15(2)20(18)23/h8-12,14,23H,3-7,13H2,1-2H3,(H,24,25). The molecule has 0 saturated heterocycles. The minimum absolute atomic E-state index is 0.0291. The number of hydrogen-bond donors (Lipinski definition) is 2. The van der Waals surface area contributed by atoms with Gasteiger partial charge in [-0.05, 0) is 37.1 Å². The van der Waals surface area contributed by atoms with Crippen LogP contribution >= 0.6 is 0 Å². The van der Waals surface area contributed by atoms with Crippen molar-refractivity contribution in [2.45, 2.75) is 46.0 Å². The van der Waals surface area contributed by atoms with Gasteiger partial charge in [0.2, 0.25) is 0 Å². The van der Waals surface area contributed by atoms with E-state index in [2.05, 4.69) is 6.92 Å². The Morgan fingerprint density at radius 3 is 2.46 bits per heavy atom. The summed E-state index contributed by atoms with van der Waals surface area (Å²) in [6.07, 6.45) is 5.48. The van der Waals surface area contributed by atoms with Gasteiger partial charge < -0.3 is 19.7 Å². The molecule has 6 heteroatoms. The van der Waals surface area contributed by atoms with Crippen LogP contribution in [0.4, 0.5) is 0 Å². The Labute approximate surface area is 164 Å². The molecule has 0 saturated carbocycles. The van der Waals surface area contributed by atoms with Crippen molar-refractivity contribution in [1.82, 2.24) is 0 Å². The molecule has 6 nitrogen and oxygen atoms in total. The molecule has 2 aromatic rings. The number of carboxylic acids is 1. The van der Waals surface area contributed by atoms with Gasteiger partial charge in [-0.3, -0.25) is 0 Å². The van der Waals surface area contributed by atoms with Gasteiger partial charge in [0.05, 0.1) is 6.61 Å². The first kappa shape index (κ1) is 21.3. The molecule has 0 heterocycles. The number of aryl methyl sites for hydroxylation is 1. The number of carbonyl (C=O) groups is 2. The van der Waals surface area contributed by atoms with Crippen LogP contribution in [0.1, 0.15) is 65.3 Å². The van der Waals surface area contributed by atoms with Crippen molar-refractivity contribution in [3.8, 4) is 17.2 Å². The number of ether oxygens (including phenoxy) is 2. The molecule has 0 aliphatic rings. The van der Waals surface area contributed by atoms with Crippen molar-refractivity contribution >= 4 is 11.9 Å². The van der Waals surface area contributed by atoms with E-state index in [0.29, 0.717) is 17.9 Å². The molecule has 0 aliphatic heterocycles. The van der Waals surface area contributed by atoms with Crippen LogP contribution in [0.15, 0.2) is 36.4 Å². The number of aromatic carboxylic acids is 1. The van der Waals surface area contributed by atoms with E-state index >= 15 is 0 Å². The summed E-state index contributed by atoms with van der Waals surface area (Å²) in [4.78, 5) is 23.9. The summed E-state index contributed by atoms with van der Waals surface area (Å²) in [5, 5.41) is 19.4. The molecular weight excluding hydrogens is 360 g/mol. The van der Waals surface area contributed by atoms with Crippen molar-refractivity contribution in [3.63, 3.8) is 0 Å². The average molecular weight is 386 g/mol. The number of esters is 1. The Hall–Kier alpha value is -3.02. The number of aromatic hydroxyl groups is 1. The van der Waals surface area contributed by atoms with Crippen LogP contribution in [0.3, 0.4) is 0 Å². The molecule has 0 amide bonds. The van der Waals surface area contributed by atoms with Gasteiger partial charge in [-0.15, -0.1) is 0 Å². The highest BCUT2D eigenvalue weighted by molar-refractivity contribution is 5.97. The molecule has 0 aromatic heterocycles. The van der Waals surface area contributed by atoms with Crippen molar-refractivity contribution < 1.29 is 29.3 Å². The number of para-hydroxylation sites is 1. The van der Waals surface area contributed by atoms with Crippen LogP contribution in [-0.4, -0.2) is 28.8 Å². The van der Waals surface area contributed by atoms with Crippen LogP contribution < -0.4 is 9.47 Å². The number of carbonyl (C=O) groups excluding carboxylic acids is 1. The van der Waals surface area contributed by atoms with Crippen LogP contribution in [0.25, 0.3) is 0 Å². The van der Waals surface area contributed by atoms with Gasteiger partial charge in [0.1, 0.15) is 28.4 Å². The van der Waals surface area contributed by atoms with E-state index in [9.17, 15) is 19.8 Å². The molecule has 0 atom stereocenters. The third-order valence-corrected chi connectivity index (χ3v) is 4.36. The number of phenolic OH excluding ortho intramolecular Hbond substituents is 1. The maximum absolute atomic E-state index is 12.4. The lowest BCUT2D eigenvalue weighted by Crippen LogP contribution is -2.12. The van der Waals surface area contributed by atoms with Crippen molar-refractivity contribution in [3.05, 3.63) is 53.1 Å². The lowest BCUT2D eigenvalue weighted by atomic mass is 10.1. The Balaban J connectivity index is 2.11. The molecule has 0 unspecified atom stereocenters. The lowest BCUT2D eigenvalue weighted by Gasteiger charge is -2.12. The molecule has 28 heavy (non-hydrogen) atoms. The summed E-state index contributed by atoms with van der Waals surface area (Å²) in [5.74, 6) is -1.94. The normalized spacial score (nSPS) is 10.5. The van der Waals surface area contributed by atoms with E-state index in [1.54, 1.807) is 19.1 Å². The number of hydrogen-bond acceptors (Lipinski definition) is 5. The second kappa shape index (κ2) is 10.3. The Morgan fingerprint density at radius 1 is 1.00 bits per heavy atom. The van der Waals surface area contributed by atoms with Gasteiger partial charge >= 0.3 is 11.9 Å². The molecule has 0 aliphatic carbocycles. The maximum atomic E-state index is 12.4. The fraction of sp³-hybridized carbons (Fsp3) is 0.364. The third kappa shape index (κ3) is 5.74. The minimum Gasteiger partial charge on any atom is -0.507 e. The molecule has 150 valence electrons. The second-order valence-electron chi connectivity index (χ2n) is 6.59. The Morgan fingerprint density at radius 2 is 1.75 bits per heavy atom. The third-order valence-electron chi connectivity index (χ3n) is 4.36. The Bertz CT molecular complexity index is 828. The fourth-order valence-electron chi connectivity index (χ4n) is 2.73. The molecule has 2 rings (SSSR count). The van der Waals surface area contributed by atoms with Gasteiger partial charge in [-0.25, -0.2) is 9.59 Å². The van der Waals surface area contributed by atoms with Crippen molar-refractivity contribution in [2.24, 2.45) is 0 Å². The largest absolute Gasteiger partial charge is 0.507 e. The first-order chi connectivity index (χ1) is 13.4. The summed E-state index contributed by atoms with van der Waals surface area (Å²) in [6, 6.07) is 8.96. The average Bonchev–Trinajstić information content (AvgIpc) is 2.66. The van der Waals surface area contributed by atoms with Crippen LogP contribution in [0.2, 0.25) is 0 Å². The van der Waals surface area contributed by atoms with Crippen LogP contribution in [0.5, 0.6) is 17.2 Å². The Kier molecular flexibility index (Phi) is 7.87. The van der Waals surface area contributed by atoms with Gasteiger partial charge in [0, 0.05) is 6.07 Å². The molecule has 0 radical (unpaired) electrons. The highest BCUT2D eigenvalue weighted by atomic mass is 16.5. The van der Waals surface area contributed by atoms with E-state index in [0.717, 1.165) is 19.3 Å². The highest BCUT2D eigenvalue weighted by Crippen LogP contribution is 2.28. The van der Waals surface area contributed by atoms with Gasteiger partial charge in [0.25, 0.3) is 0 Å². The van der Waals surface area contributed by atoms with Crippen molar-refractivity contribution in [1.29, 1.82) is 0 Å². The predicted molar refractivity (Wildman–Crippen MR) is 105 cm³/mol. The summed E-state index contributed by atoms with van der Waals surface area (Å²) in [7, 11) is 0. The van der Waals surface area contributed by atoms with Gasteiger partial charge in [-0.1, -0.05) is 44.7 Å². The smallest absolute Gasteiger partial charge is 0.347 e. The first-order valence-electron chi connectivity index (χ1n) is 9.45. The number of phenols is 1. The lowest BCUT2D eigenvalue weighted by molar-refractivity contribution is 0.0680. The van der Waals surface area contributed by atoms with Crippen LogP contribution in [-0.2, 0) is 0 Å². The van der Waals surface area contributed by atoms with E-state index in [-0.39, 0.29) is 22.6 Å². The quantitative estimate of drug-likeness (QED) is 0.340. The second-order valence-corrected chi connectivity index (χ2v) is 6.59. The van der Waals surface area contributed by atoms with Crippen molar-refractivity contribution in [2.75, 3.05) is 6.61 Å². The maximum Gasteiger partial charge on any atom is 0.347 e. The summed E-state index contributed by atoms with van der Waals surface area (Å²) >= 11 is 0. The molecule has 0 fully saturated rings. The monoisotopic (exact) mass is 386 g/mol. The number of rotatable bonds is 10. The fourth-order valence-corrected chi connectivity index (χ4v) is 2.73. The number of benzene rings is 2. The zero-order chi connectivity index (χ0) is 20.5. The molecule has 0 bridgehead atoms. The molecular formula is C22H26O6. The molecule has 0 spiro atoms. The summed E-state index contributed by atoms with van der Waals surface area (Å²) < 4.78 is 10.9. The van der Waals surface area contributed by atoms with E-state index in [4.69, 9.17) is 9.47 Å². The van der Waals surface area contributed by atoms with E-state index in [1.807, 2.05) is 0 Å². The van der Waals surface area contributed by atoms with Gasteiger partial charge in [-0.2, -0.15) is 0 Å². The summed E-state index contributed by atoms with van der Waals surface area (Å²) in [6.45, 7) is 4.31. The van der Waals surface area contributed by atoms with E-state index < -0.39 is 11.9 Å². The van der Waals surface area contributed by atoms with Gasteiger partial charge in [0.15, 0.2) is 0 Å². The van der Waals surface area contributed by atoms with E-state index in [1.165, 1.54) is 37.1 Å². The number of carboxylic acid groups (broad SMARTS) is 1. The SMILES string of the molecule is CCCCCCCOc1ccc(C(=O)O)c(OC(=O)c2cccc(C)c2O)c1. The first-order valence-corrected chi connectivity index (χ1v) is 9.45. The zero-order valence-corrected chi connectivity index (χ0v) is 16.2. The predicted octanol–water partition coefficient (Wildman–Crippen LogP) is 4.97. The van der Waals surface area contributed by atoms with Crippen LogP contribution in [0, 0.1) is 6.92 Å². The summed E-state index contributed by atoms with van der Waals surface area (Å²) in [5.41, 5.74) is 0.336. The highest BCUT2D eigenvalue weighted by Gasteiger charge is 2.19. The minimum atomic E-state index is -1.22. The molecule has 2 aromatic carbocycles. The zero-order valence-electron chi connectivity index (χ0n) is 16.2. The number of unbranched alkanes of at least 4 members (excludes halogenated alkanes) is 4. The topological polar surface area (TPSA) is 93.1 Å².